The van der Waals surface area contributed by atoms with Crippen LogP contribution in [0.3, 0.4) is 0 Å². The number of nitrogen functional groups attached to an aromatic ring is 1. The van der Waals surface area contributed by atoms with E-state index in [0.717, 1.165) is 38.2 Å². The van der Waals surface area contributed by atoms with E-state index in [9.17, 15) is 5.11 Å². The number of pyridine rings is 1. The van der Waals surface area contributed by atoms with Crippen LogP contribution in [0.15, 0.2) is 12.1 Å². The zero-order valence-electron chi connectivity index (χ0n) is 11.7. The third kappa shape index (κ3) is 3.50. The third-order valence-corrected chi connectivity index (χ3v) is 3.48. The summed E-state index contributed by atoms with van der Waals surface area (Å²) in [6.45, 7) is 6.16. The SMILES string of the molecule is CCCOc1nc(N2CCC(C)(O)CC2)ccc1N. The second kappa shape index (κ2) is 5.65. The van der Waals surface area contributed by atoms with Gasteiger partial charge in [-0.15, -0.1) is 0 Å². The fraction of sp³-hybridized carbons (Fsp3) is 0.643. The predicted octanol–water partition coefficient (Wildman–Crippen LogP) is 1.80. The van der Waals surface area contributed by atoms with Crippen LogP contribution in [0.5, 0.6) is 5.88 Å². The molecular formula is C14H23N3O2. The van der Waals surface area contributed by atoms with E-state index >= 15 is 0 Å². The maximum Gasteiger partial charge on any atom is 0.239 e. The molecular weight excluding hydrogens is 242 g/mol. The van der Waals surface area contributed by atoms with Crippen molar-refractivity contribution in [2.75, 3.05) is 30.3 Å². The number of aromatic nitrogens is 1. The molecule has 1 fully saturated rings. The van der Waals surface area contributed by atoms with Gasteiger partial charge in [-0.05, 0) is 38.3 Å². The van der Waals surface area contributed by atoms with E-state index < -0.39 is 5.60 Å². The minimum Gasteiger partial charge on any atom is -0.476 e. The minimum absolute atomic E-state index is 0.511. The standard InChI is InChI=1S/C14H23N3O2/c1-3-10-19-13-11(15)4-5-12(16-13)17-8-6-14(2,18)7-9-17/h4-5,18H,3,6-10,15H2,1-2H3. The Morgan fingerprint density at radius 3 is 2.74 bits per heavy atom. The van der Waals surface area contributed by atoms with Crippen molar-refractivity contribution in [1.29, 1.82) is 0 Å². The first-order valence-electron chi connectivity index (χ1n) is 6.88. The molecule has 0 radical (unpaired) electrons. The Labute approximate surface area is 114 Å². The van der Waals surface area contributed by atoms with Gasteiger partial charge in [-0.1, -0.05) is 6.92 Å². The van der Waals surface area contributed by atoms with Crippen molar-refractivity contribution in [3.05, 3.63) is 12.1 Å². The number of ether oxygens (including phenoxy) is 1. The van der Waals surface area contributed by atoms with Crippen LogP contribution in [0.1, 0.15) is 33.1 Å². The monoisotopic (exact) mass is 265 g/mol. The largest absolute Gasteiger partial charge is 0.476 e. The summed E-state index contributed by atoms with van der Waals surface area (Å²) < 4.78 is 5.55. The molecule has 0 amide bonds. The number of aliphatic hydroxyl groups is 1. The molecule has 1 saturated heterocycles. The third-order valence-electron chi connectivity index (χ3n) is 3.48. The molecule has 0 aromatic carbocycles. The van der Waals surface area contributed by atoms with Crippen LogP contribution < -0.4 is 15.4 Å². The van der Waals surface area contributed by atoms with Crippen molar-refractivity contribution in [2.24, 2.45) is 0 Å². The molecule has 0 unspecified atom stereocenters. The summed E-state index contributed by atoms with van der Waals surface area (Å²) in [6.07, 6.45) is 2.44. The second-order valence-electron chi connectivity index (χ2n) is 5.40. The second-order valence-corrected chi connectivity index (χ2v) is 5.40. The Morgan fingerprint density at radius 2 is 2.11 bits per heavy atom. The first-order chi connectivity index (χ1) is 9.02. The molecule has 2 heterocycles. The van der Waals surface area contributed by atoms with Gasteiger partial charge in [0.05, 0.1) is 17.9 Å². The van der Waals surface area contributed by atoms with Crippen LogP contribution in [0.2, 0.25) is 0 Å². The lowest BCUT2D eigenvalue weighted by atomic mass is 9.94. The lowest BCUT2D eigenvalue weighted by Gasteiger charge is -2.36. The smallest absolute Gasteiger partial charge is 0.239 e. The van der Waals surface area contributed by atoms with Gasteiger partial charge in [-0.3, -0.25) is 0 Å². The van der Waals surface area contributed by atoms with Gasteiger partial charge < -0.3 is 20.5 Å². The summed E-state index contributed by atoms with van der Waals surface area (Å²) in [5, 5.41) is 9.96. The molecule has 5 heteroatoms. The van der Waals surface area contributed by atoms with E-state index in [-0.39, 0.29) is 0 Å². The number of piperidine rings is 1. The Hall–Kier alpha value is -1.49. The van der Waals surface area contributed by atoms with Gasteiger partial charge in [0.15, 0.2) is 0 Å². The topological polar surface area (TPSA) is 71.6 Å². The summed E-state index contributed by atoms with van der Waals surface area (Å²) in [5.74, 6) is 1.38. The molecule has 0 atom stereocenters. The lowest BCUT2D eigenvalue weighted by molar-refractivity contribution is 0.0350. The normalized spacial score (nSPS) is 18.4. The van der Waals surface area contributed by atoms with Gasteiger partial charge >= 0.3 is 0 Å². The zero-order chi connectivity index (χ0) is 13.9. The average molecular weight is 265 g/mol. The zero-order valence-corrected chi connectivity index (χ0v) is 11.7. The summed E-state index contributed by atoms with van der Waals surface area (Å²) in [5.41, 5.74) is 5.88. The lowest BCUT2D eigenvalue weighted by Crippen LogP contribution is -2.42. The maximum absolute atomic E-state index is 9.96. The summed E-state index contributed by atoms with van der Waals surface area (Å²) in [7, 11) is 0. The van der Waals surface area contributed by atoms with Crippen LogP contribution in [-0.4, -0.2) is 35.4 Å². The molecule has 1 aliphatic heterocycles. The minimum atomic E-state index is -0.550. The maximum atomic E-state index is 9.96. The van der Waals surface area contributed by atoms with Crippen molar-refractivity contribution >= 4 is 11.5 Å². The van der Waals surface area contributed by atoms with E-state index in [4.69, 9.17) is 10.5 Å². The van der Waals surface area contributed by atoms with Crippen LogP contribution >= 0.6 is 0 Å². The molecule has 5 nitrogen and oxygen atoms in total. The van der Waals surface area contributed by atoms with Crippen LogP contribution in [0.4, 0.5) is 11.5 Å². The van der Waals surface area contributed by atoms with Gasteiger partial charge in [0.25, 0.3) is 0 Å². The van der Waals surface area contributed by atoms with Crippen molar-refractivity contribution < 1.29 is 9.84 Å². The van der Waals surface area contributed by atoms with E-state index in [1.807, 2.05) is 26.0 Å². The van der Waals surface area contributed by atoms with Crippen molar-refractivity contribution in [3.63, 3.8) is 0 Å². The van der Waals surface area contributed by atoms with Crippen molar-refractivity contribution in [3.8, 4) is 5.88 Å². The highest BCUT2D eigenvalue weighted by molar-refractivity contribution is 5.54. The van der Waals surface area contributed by atoms with E-state index in [1.54, 1.807) is 0 Å². The Bertz CT molecular complexity index is 425. The fourth-order valence-electron chi connectivity index (χ4n) is 2.15. The molecule has 0 bridgehead atoms. The van der Waals surface area contributed by atoms with Crippen molar-refractivity contribution in [2.45, 2.75) is 38.7 Å². The number of nitrogens with two attached hydrogens (primary N) is 1. The number of nitrogens with zero attached hydrogens (tertiary/aromatic N) is 2. The Kier molecular flexibility index (Phi) is 4.14. The highest BCUT2D eigenvalue weighted by Gasteiger charge is 2.28. The molecule has 19 heavy (non-hydrogen) atoms. The van der Waals surface area contributed by atoms with Gasteiger partial charge in [-0.2, -0.15) is 4.98 Å². The van der Waals surface area contributed by atoms with Crippen molar-refractivity contribution in [1.82, 2.24) is 4.98 Å². The summed E-state index contributed by atoms with van der Waals surface area (Å²) >= 11 is 0. The average Bonchev–Trinajstić information content (AvgIpc) is 2.38. The van der Waals surface area contributed by atoms with Gasteiger partial charge in [0, 0.05) is 13.1 Å². The molecule has 106 valence electrons. The van der Waals surface area contributed by atoms with E-state index in [0.29, 0.717) is 18.2 Å². The molecule has 0 spiro atoms. The van der Waals surface area contributed by atoms with Crippen LogP contribution in [-0.2, 0) is 0 Å². The number of anilines is 2. The van der Waals surface area contributed by atoms with Gasteiger partial charge in [0.2, 0.25) is 5.88 Å². The first kappa shape index (κ1) is 13.9. The Balaban J connectivity index is 2.08. The molecule has 1 aromatic heterocycles. The highest BCUT2D eigenvalue weighted by atomic mass is 16.5. The Morgan fingerprint density at radius 1 is 1.42 bits per heavy atom. The van der Waals surface area contributed by atoms with E-state index in [1.165, 1.54) is 0 Å². The molecule has 0 saturated carbocycles. The molecule has 3 N–H and O–H groups in total. The van der Waals surface area contributed by atoms with Crippen LogP contribution in [0, 0.1) is 0 Å². The number of hydrogen-bond acceptors (Lipinski definition) is 5. The summed E-state index contributed by atoms with van der Waals surface area (Å²) in [4.78, 5) is 6.64. The highest BCUT2D eigenvalue weighted by Crippen LogP contribution is 2.28. The number of hydrogen-bond donors (Lipinski definition) is 2. The molecule has 0 aliphatic carbocycles. The number of rotatable bonds is 4. The quantitative estimate of drug-likeness (QED) is 0.868. The molecule has 1 aromatic rings. The van der Waals surface area contributed by atoms with Gasteiger partial charge in [0.1, 0.15) is 5.82 Å². The fourth-order valence-corrected chi connectivity index (χ4v) is 2.15. The first-order valence-corrected chi connectivity index (χ1v) is 6.88. The predicted molar refractivity (Wildman–Crippen MR) is 76.5 cm³/mol. The van der Waals surface area contributed by atoms with E-state index in [2.05, 4.69) is 9.88 Å². The molecule has 2 rings (SSSR count). The van der Waals surface area contributed by atoms with Crippen LogP contribution in [0.25, 0.3) is 0 Å². The van der Waals surface area contributed by atoms with Gasteiger partial charge in [-0.25, -0.2) is 0 Å². The summed E-state index contributed by atoms with van der Waals surface area (Å²) in [6, 6.07) is 3.74. The molecule has 1 aliphatic rings.